The Morgan fingerprint density at radius 2 is 1.59 bits per heavy atom. The molecule has 0 aliphatic carbocycles. The van der Waals surface area contributed by atoms with Gasteiger partial charge in [0.1, 0.15) is 17.5 Å². The molecule has 0 aliphatic rings. The molecule has 32 heavy (non-hydrogen) atoms. The van der Waals surface area contributed by atoms with Crippen molar-refractivity contribution in [3.63, 3.8) is 0 Å². The van der Waals surface area contributed by atoms with E-state index in [9.17, 15) is 9.59 Å². The Balaban J connectivity index is 2.10. The molecule has 174 valence electrons. The smallest absolute Gasteiger partial charge is 0.261 e. The summed E-state index contributed by atoms with van der Waals surface area (Å²) in [6.07, 6.45) is 1.90. The lowest BCUT2D eigenvalue weighted by atomic mass is 10.0. The molecular formula is C26H36N2O4. The SMILES string of the molecule is CCCCNC(=O)[C@@H](C)N(Cc1ccc(OC)cc1)C(=O)COc1ccc(C(C)C)cc1. The average molecular weight is 441 g/mol. The maximum Gasteiger partial charge on any atom is 0.261 e. The molecule has 1 N–H and O–H groups in total. The van der Waals surface area contributed by atoms with E-state index in [4.69, 9.17) is 9.47 Å². The first-order chi connectivity index (χ1) is 15.3. The summed E-state index contributed by atoms with van der Waals surface area (Å²) >= 11 is 0. The lowest BCUT2D eigenvalue weighted by Gasteiger charge is -2.29. The number of unbranched alkanes of at least 4 members (excludes halogenated alkanes) is 1. The maximum atomic E-state index is 13.1. The number of methoxy groups -OCH3 is 1. The van der Waals surface area contributed by atoms with Gasteiger partial charge in [-0.15, -0.1) is 0 Å². The zero-order valence-electron chi connectivity index (χ0n) is 19.9. The number of ether oxygens (including phenoxy) is 2. The Labute approximate surface area is 191 Å². The molecule has 0 radical (unpaired) electrons. The van der Waals surface area contributed by atoms with E-state index in [0.717, 1.165) is 24.2 Å². The molecule has 6 nitrogen and oxygen atoms in total. The molecule has 6 heteroatoms. The summed E-state index contributed by atoms with van der Waals surface area (Å²) in [4.78, 5) is 27.3. The third-order valence-electron chi connectivity index (χ3n) is 5.42. The van der Waals surface area contributed by atoms with Gasteiger partial charge < -0.3 is 19.7 Å². The van der Waals surface area contributed by atoms with Crippen LogP contribution in [0, 0.1) is 0 Å². The van der Waals surface area contributed by atoms with Crippen molar-refractivity contribution in [2.24, 2.45) is 0 Å². The highest BCUT2D eigenvalue weighted by Gasteiger charge is 2.26. The summed E-state index contributed by atoms with van der Waals surface area (Å²) in [5.41, 5.74) is 2.12. The first-order valence-corrected chi connectivity index (χ1v) is 11.3. The van der Waals surface area contributed by atoms with E-state index < -0.39 is 6.04 Å². The van der Waals surface area contributed by atoms with Crippen LogP contribution in [0.1, 0.15) is 57.6 Å². The largest absolute Gasteiger partial charge is 0.497 e. The number of carbonyl (C=O) groups excluding carboxylic acids is 2. The number of amides is 2. The lowest BCUT2D eigenvalue weighted by Crippen LogP contribution is -2.49. The Morgan fingerprint density at radius 1 is 0.969 bits per heavy atom. The molecule has 1 atom stereocenters. The molecule has 0 fully saturated rings. The molecule has 0 saturated carbocycles. The van der Waals surface area contributed by atoms with E-state index in [2.05, 4.69) is 26.1 Å². The second kappa shape index (κ2) is 12.7. The number of rotatable bonds is 12. The van der Waals surface area contributed by atoms with Gasteiger partial charge in [0.05, 0.1) is 7.11 Å². The summed E-state index contributed by atoms with van der Waals surface area (Å²) in [6.45, 7) is 8.85. The molecule has 0 saturated heterocycles. The van der Waals surface area contributed by atoms with Crippen LogP contribution in [0.5, 0.6) is 11.5 Å². The molecule has 0 heterocycles. The number of hydrogen-bond donors (Lipinski definition) is 1. The second-order valence-electron chi connectivity index (χ2n) is 8.20. The van der Waals surface area contributed by atoms with Crippen LogP contribution in [-0.2, 0) is 16.1 Å². The van der Waals surface area contributed by atoms with Crippen LogP contribution < -0.4 is 14.8 Å². The molecule has 0 unspecified atom stereocenters. The van der Waals surface area contributed by atoms with Gasteiger partial charge in [0.2, 0.25) is 5.91 Å². The predicted molar refractivity (Wildman–Crippen MR) is 127 cm³/mol. The predicted octanol–water partition coefficient (Wildman–Crippen LogP) is 4.53. The van der Waals surface area contributed by atoms with E-state index >= 15 is 0 Å². The lowest BCUT2D eigenvalue weighted by molar-refractivity contribution is -0.142. The first kappa shape index (κ1) is 25.2. The standard InChI is InChI=1S/C26H36N2O4/c1-6-7-16-27-26(30)20(4)28(17-21-8-12-23(31-5)13-9-21)25(29)18-32-24-14-10-22(11-15-24)19(2)3/h8-15,19-20H,6-7,16-18H2,1-5H3,(H,27,30)/t20-/m1/s1. The van der Waals surface area contributed by atoms with Crippen LogP contribution in [0.25, 0.3) is 0 Å². The average Bonchev–Trinajstić information content (AvgIpc) is 2.81. The molecule has 0 spiro atoms. The van der Waals surface area contributed by atoms with Crippen LogP contribution >= 0.6 is 0 Å². The van der Waals surface area contributed by atoms with Crippen molar-refractivity contribution >= 4 is 11.8 Å². The van der Waals surface area contributed by atoms with Crippen molar-refractivity contribution in [2.45, 2.75) is 59.0 Å². The number of carbonyl (C=O) groups is 2. The van der Waals surface area contributed by atoms with Gasteiger partial charge in [0, 0.05) is 13.1 Å². The molecule has 2 rings (SSSR count). The molecule has 2 aromatic carbocycles. The fourth-order valence-corrected chi connectivity index (χ4v) is 3.22. The van der Waals surface area contributed by atoms with Gasteiger partial charge in [0.25, 0.3) is 5.91 Å². The minimum atomic E-state index is -0.617. The first-order valence-electron chi connectivity index (χ1n) is 11.3. The fraction of sp³-hybridized carbons (Fsp3) is 0.462. The van der Waals surface area contributed by atoms with Crippen molar-refractivity contribution in [3.8, 4) is 11.5 Å². The minimum absolute atomic E-state index is 0.135. The van der Waals surface area contributed by atoms with Crippen LogP contribution in [0.15, 0.2) is 48.5 Å². The minimum Gasteiger partial charge on any atom is -0.497 e. The second-order valence-corrected chi connectivity index (χ2v) is 8.20. The summed E-state index contributed by atoms with van der Waals surface area (Å²) in [5, 5.41) is 2.92. The van der Waals surface area contributed by atoms with Crippen molar-refractivity contribution in [1.82, 2.24) is 10.2 Å². The molecule has 0 aliphatic heterocycles. The van der Waals surface area contributed by atoms with Gasteiger partial charge in [-0.2, -0.15) is 0 Å². The van der Waals surface area contributed by atoms with E-state index in [1.54, 1.807) is 18.9 Å². The fourth-order valence-electron chi connectivity index (χ4n) is 3.22. The summed E-state index contributed by atoms with van der Waals surface area (Å²) < 4.78 is 11.0. The highest BCUT2D eigenvalue weighted by Crippen LogP contribution is 2.19. The Hall–Kier alpha value is -3.02. The quantitative estimate of drug-likeness (QED) is 0.493. The van der Waals surface area contributed by atoms with Crippen molar-refractivity contribution < 1.29 is 19.1 Å². The molecule has 0 aromatic heterocycles. The molecule has 2 amide bonds. The Bertz CT molecular complexity index is 847. The van der Waals surface area contributed by atoms with E-state index in [0.29, 0.717) is 24.8 Å². The third kappa shape index (κ3) is 7.59. The Kier molecular flexibility index (Phi) is 10.1. The molecular weight excluding hydrogens is 404 g/mol. The van der Waals surface area contributed by atoms with Crippen molar-refractivity contribution in [3.05, 3.63) is 59.7 Å². The summed E-state index contributed by atoms with van der Waals surface area (Å²) in [7, 11) is 1.61. The maximum absolute atomic E-state index is 13.1. The van der Waals surface area contributed by atoms with Gasteiger partial charge in [-0.3, -0.25) is 9.59 Å². The Morgan fingerprint density at radius 3 is 2.16 bits per heavy atom. The van der Waals surface area contributed by atoms with Crippen molar-refractivity contribution in [1.29, 1.82) is 0 Å². The van der Waals surface area contributed by atoms with Crippen molar-refractivity contribution in [2.75, 3.05) is 20.3 Å². The highest BCUT2D eigenvalue weighted by atomic mass is 16.5. The third-order valence-corrected chi connectivity index (χ3v) is 5.42. The van der Waals surface area contributed by atoms with Gasteiger partial charge in [-0.25, -0.2) is 0 Å². The zero-order chi connectivity index (χ0) is 23.5. The van der Waals surface area contributed by atoms with Gasteiger partial charge in [-0.05, 0) is 54.7 Å². The zero-order valence-corrected chi connectivity index (χ0v) is 19.9. The van der Waals surface area contributed by atoms with Crippen LogP contribution in [0.2, 0.25) is 0 Å². The van der Waals surface area contributed by atoms with E-state index in [-0.39, 0.29) is 18.4 Å². The summed E-state index contributed by atoms with van der Waals surface area (Å²) in [5.74, 6) is 1.39. The van der Waals surface area contributed by atoms with Gasteiger partial charge >= 0.3 is 0 Å². The number of hydrogen-bond acceptors (Lipinski definition) is 4. The van der Waals surface area contributed by atoms with Crippen LogP contribution in [0.3, 0.4) is 0 Å². The number of nitrogens with zero attached hydrogens (tertiary/aromatic N) is 1. The molecule has 0 bridgehead atoms. The van der Waals surface area contributed by atoms with Crippen LogP contribution in [-0.4, -0.2) is 43.0 Å². The highest BCUT2D eigenvalue weighted by molar-refractivity contribution is 5.87. The summed E-state index contributed by atoms with van der Waals surface area (Å²) in [6, 6.07) is 14.6. The topological polar surface area (TPSA) is 67.9 Å². The number of benzene rings is 2. The molecule has 2 aromatic rings. The van der Waals surface area contributed by atoms with Gasteiger partial charge in [0.15, 0.2) is 6.61 Å². The van der Waals surface area contributed by atoms with Crippen LogP contribution in [0.4, 0.5) is 0 Å². The normalized spacial score (nSPS) is 11.7. The van der Waals surface area contributed by atoms with Gasteiger partial charge in [-0.1, -0.05) is 51.5 Å². The van der Waals surface area contributed by atoms with E-state index in [1.165, 1.54) is 5.56 Å². The van der Waals surface area contributed by atoms with E-state index in [1.807, 2.05) is 48.5 Å². The number of nitrogens with one attached hydrogen (secondary N) is 1. The monoisotopic (exact) mass is 440 g/mol.